The van der Waals surface area contributed by atoms with Crippen LogP contribution in [0.3, 0.4) is 0 Å². The summed E-state index contributed by atoms with van der Waals surface area (Å²) in [6.07, 6.45) is 2.14. The molecule has 0 unspecified atom stereocenters. The predicted octanol–water partition coefficient (Wildman–Crippen LogP) is 4.42. The second kappa shape index (κ2) is 5.55. The van der Waals surface area contributed by atoms with Gasteiger partial charge < -0.3 is 0 Å². The lowest BCUT2D eigenvalue weighted by atomic mass is 9.99. The van der Waals surface area contributed by atoms with Crippen LogP contribution in [0.5, 0.6) is 0 Å². The van der Waals surface area contributed by atoms with Crippen LogP contribution in [-0.2, 0) is 6.42 Å². The molecule has 0 aliphatic heterocycles. The van der Waals surface area contributed by atoms with Crippen molar-refractivity contribution in [3.8, 4) is 0 Å². The quantitative estimate of drug-likeness (QED) is 0.667. The Morgan fingerprint density at radius 2 is 1.90 bits per heavy atom. The largest absolute Gasteiger partial charge is 0.294 e. The number of rotatable bonds is 3. The molecule has 2 aromatic carbocycles. The van der Waals surface area contributed by atoms with Crippen LogP contribution in [0, 0.1) is 0 Å². The fourth-order valence-electron chi connectivity index (χ4n) is 2.27. The zero-order valence-corrected chi connectivity index (χ0v) is 12.3. The molecule has 1 heterocycles. The summed E-state index contributed by atoms with van der Waals surface area (Å²) in [5.41, 5.74) is 2.59. The maximum Gasteiger partial charge on any atom is 0.167 e. The van der Waals surface area contributed by atoms with E-state index < -0.39 is 0 Å². The first kappa shape index (κ1) is 13.0. The Balaban J connectivity index is 1.97. The highest BCUT2D eigenvalue weighted by atomic mass is 79.9. The molecular formula is C17H12BrNO. The summed E-state index contributed by atoms with van der Waals surface area (Å²) in [6, 6.07) is 17.3. The molecule has 3 aromatic rings. The van der Waals surface area contributed by atoms with E-state index in [1.807, 2.05) is 54.6 Å². The van der Waals surface area contributed by atoms with Crippen molar-refractivity contribution < 1.29 is 4.79 Å². The molecular weight excluding hydrogens is 314 g/mol. The third-order valence-corrected chi connectivity index (χ3v) is 3.69. The first-order valence-corrected chi connectivity index (χ1v) is 7.15. The highest BCUT2D eigenvalue weighted by molar-refractivity contribution is 9.10. The monoisotopic (exact) mass is 325 g/mol. The van der Waals surface area contributed by atoms with Crippen molar-refractivity contribution in [3.05, 3.63) is 76.4 Å². The fourth-order valence-corrected chi connectivity index (χ4v) is 2.72. The van der Waals surface area contributed by atoms with E-state index in [0.717, 1.165) is 26.5 Å². The van der Waals surface area contributed by atoms with Gasteiger partial charge in [-0.25, -0.2) is 0 Å². The Hall–Kier alpha value is -2.00. The summed E-state index contributed by atoms with van der Waals surface area (Å²) < 4.78 is 0.988. The molecule has 3 heteroatoms. The van der Waals surface area contributed by atoms with Gasteiger partial charge in [0.2, 0.25) is 0 Å². The topological polar surface area (TPSA) is 30.0 Å². The predicted molar refractivity (Wildman–Crippen MR) is 83.9 cm³/mol. The number of ketones is 1. The van der Waals surface area contributed by atoms with Crippen molar-refractivity contribution in [3.63, 3.8) is 0 Å². The zero-order valence-electron chi connectivity index (χ0n) is 10.7. The number of aromatic nitrogens is 1. The molecule has 0 saturated carbocycles. The van der Waals surface area contributed by atoms with Gasteiger partial charge >= 0.3 is 0 Å². The van der Waals surface area contributed by atoms with Crippen LogP contribution in [0.4, 0.5) is 0 Å². The molecule has 0 radical (unpaired) electrons. The minimum Gasteiger partial charge on any atom is -0.294 e. The molecule has 0 fully saturated rings. The van der Waals surface area contributed by atoms with Crippen molar-refractivity contribution in [1.29, 1.82) is 0 Å². The second-order valence-electron chi connectivity index (χ2n) is 4.61. The van der Waals surface area contributed by atoms with Gasteiger partial charge in [-0.15, -0.1) is 0 Å². The number of fused-ring (bicyclic) bond motifs is 1. The summed E-state index contributed by atoms with van der Waals surface area (Å²) in [5.74, 6) is 0.113. The molecule has 0 N–H and O–H groups in total. The van der Waals surface area contributed by atoms with Crippen LogP contribution in [0.15, 0.2) is 65.3 Å². The van der Waals surface area contributed by atoms with E-state index in [2.05, 4.69) is 20.9 Å². The van der Waals surface area contributed by atoms with Crippen molar-refractivity contribution in [2.24, 2.45) is 0 Å². The number of nitrogens with zero attached hydrogens (tertiary/aromatic N) is 1. The minimum atomic E-state index is 0.113. The summed E-state index contributed by atoms with van der Waals surface area (Å²) in [5, 5.41) is 0.912. The lowest BCUT2D eigenvalue weighted by Gasteiger charge is -2.05. The van der Waals surface area contributed by atoms with Gasteiger partial charge in [0.25, 0.3) is 0 Å². The van der Waals surface area contributed by atoms with E-state index in [1.165, 1.54) is 0 Å². The third kappa shape index (κ3) is 2.63. The Kier molecular flexibility index (Phi) is 3.61. The smallest absolute Gasteiger partial charge is 0.167 e. The highest BCUT2D eigenvalue weighted by Crippen LogP contribution is 2.19. The van der Waals surface area contributed by atoms with Gasteiger partial charge in [0.05, 0.1) is 5.52 Å². The summed E-state index contributed by atoms with van der Waals surface area (Å²) in [7, 11) is 0. The van der Waals surface area contributed by atoms with Crippen LogP contribution >= 0.6 is 15.9 Å². The second-order valence-corrected chi connectivity index (χ2v) is 5.52. The lowest BCUT2D eigenvalue weighted by Crippen LogP contribution is -2.04. The average molecular weight is 326 g/mol. The number of Topliss-reactive ketones (excluding diaryl/α,β-unsaturated/α-hetero) is 1. The van der Waals surface area contributed by atoms with E-state index in [4.69, 9.17) is 0 Å². The molecule has 0 atom stereocenters. The normalized spacial score (nSPS) is 10.7. The van der Waals surface area contributed by atoms with Gasteiger partial charge in [-0.05, 0) is 29.8 Å². The Morgan fingerprint density at radius 3 is 2.75 bits per heavy atom. The van der Waals surface area contributed by atoms with Crippen LogP contribution in [0.1, 0.15) is 15.9 Å². The number of halogens is 1. The molecule has 3 rings (SSSR count). The van der Waals surface area contributed by atoms with Crippen molar-refractivity contribution in [2.45, 2.75) is 6.42 Å². The van der Waals surface area contributed by atoms with Gasteiger partial charge in [0.1, 0.15) is 0 Å². The minimum absolute atomic E-state index is 0.113. The van der Waals surface area contributed by atoms with E-state index >= 15 is 0 Å². The molecule has 98 valence electrons. The number of carbonyl (C=O) groups excluding carboxylic acids is 1. The van der Waals surface area contributed by atoms with Crippen LogP contribution in [0.2, 0.25) is 0 Å². The van der Waals surface area contributed by atoms with Gasteiger partial charge in [-0.1, -0.05) is 46.3 Å². The van der Waals surface area contributed by atoms with Crippen LogP contribution in [-0.4, -0.2) is 10.8 Å². The van der Waals surface area contributed by atoms with Crippen molar-refractivity contribution in [2.75, 3.05) is 0 Å². The van der Waals surface area contributed by atoms with E-state index in [9.17, 15) is 4.79 Å². The molecule has 0 aliphatic rings. The Morgan fingerprint density at radius 1 is 1.05 bits per heavy atom. The van der Waals surface area contributed by atoms with Gasteiger partial charge in [-0.3, -0.25) is 9.78 Å². The third-order valence-electron chi connectivity index (χ3n) is 3.20. The number of carbonyl (C=O) groups is 1. The maximum absolute atomic E-state index is 12.5. The standard InChI is InChI=1S/C17H12BrNO/c18-13-5-1-4-12(10-13)11-17(20)15-6-2-8-16-14(15)7-3-9-19-16/h1-10H,11H2. The summed E-state index contributed by atoms with van der Waals surface area (Å²) >= 11 is 3.43. The van der Waals surface area contributed by atoms with Crippen LogP contribution in [0.25, 0.3) is 10.9 Å². The summed E-state index contributed by atoms with van der Waals surface area (Å²) in [4.78, 5) is 16.8. The zero-order chi connectivity index (χ0) is 13.9. The maximum atomic E-state index is 12.5. The van der Waals surface area contributed by atoms with E-state index in [1.54, 1.807) is 6.20 Å². The molecule has 2 nitrogen and oxygen atoms in total. The molecule has 1 aromatic heterocycles. The highest BCUT2D eigenvalue weighted by Gasteiger charge is 2.11. The molecule has 0 aliphatic carbocycles. The fraction of sp³-hybridized carbons (Fsp3) is 0.0588. The van der Waals surface area contributed by atoms with Crippen LogP contribution < -0.4 is 0 Å². The SMILES string of the molecule is O=C(Cc1cccc(Br)c1)c1cccc2ncccc12. The van der Waals surface area contributed by atoms with Gasteiger partial charge in [0.15, 0.2) is 5.78 Å². The number of hydrogen-bond donors (Lipinski definition) is 0. The average Bonchev–Trinajstić information content (AvgIpc) is 2.46. The Labute approximate surface area is 125 Å². The number of benzene rings is 2. The van der Waals surface area contributed by atoms with E-state index in [-0.39, 0.29) is 5.78 Å². The van der Waals surface area contributed by atoms with Crippen molar-refractivity contribution in [1.82, 2.24) is 4.98 Å². The molecule has 20 heavy (non-hydrogen) atoms. The number of pyridine rings is 1. The van der Waals surface area contributed by atoms with Gasteiger partial charge in [0, 0.05) is 28.0 Å². The van der Waals surface area contributed by atoms with Crippen molar-refractivity contribution >= 4 is 32.6 Å². The number of hydrogen-bond acceptors (Lipinski definition) is 2. The molecule has 0 spiro atoms. The first-order chi connectivity index (χ1) is 9.74. The Bertz CT molecular complexity index is 777. The first-order valence-electron chi connectivity index (χ1n) is 6.35. The molecule has 0 saturated heterocycles. The molecule has 0 bridgehead atoms. The van der Waals surface area contributed by atoms with Gasteiger partial charge in [-0.2, -0.15) is 0 Å². The molecule has 0 amide bonds. The lowest BCUT2D eigenvalue weighted by molar-refractivity contribution is 0.0994. The summed E-state index contributed by atoms with van der Waals surface area (Å²) in [6.45, 7) is 0. The van der Waals surface area contributed by atoms with E-state index in [0.29, 0.717) is 6.42 Å².